The summed E-state index contributed by atoms with van der Waals surface area (Å²) in [6, 6.07) is 10.5. The molecule has 2 rings (SSSR count). The van der Waals surface area contributed by atoms with Crippen molar-refractivity contribution < 1.29 is 4.74 Å². The number of pyridine rings is 1. The van der Waals surface area contributed by atoms with Gasteiger partial charge in [-0.15, -0.1) is 0 Å². The molecule has 0 bridgehead atoms. The first-order chi connectivity index (χ1) is 10.2. The normalized spacial score (nSPS) is 12.1. The van der Waals surface area contributed by atoms with Gasteiger partial charge in [-0.1, -0.05) is 31.2 Å². The smallest absolute Gasteiger partial charge is 0.125 e. The minimum Gasteiger partial charge on any atom is -0.493 e. The van der Waals surface area contributed by atoms with E-state index in [0.29, 0.717) is 6.61 Å². The molecule has 0 aliphatic carbocycles. The van der Waals surface area contributed by atoms with E-state index in [0.717, 1.165) is 25.0 Å². The Balaban J connectivity index is 2.01. The van der Waals surface area contributed by atoms with E-state index in [1.54, 1.807) is 6.20 Å². The van der Waals surface area contributed by atoms with Crippen LogP contribution in [0.5, 0.6) is 5.75 Å². The molecule has 0 amide bonds. The average Bonchev–Trinajstić information content (AvgIpc) is 2.51. The number of hydrogen-bond donors (Lipinski definition) is 1. The molecular formula is C18H24N2O. The molecule has 2 aromatic rings. The number of hydrogen-bond acceptors (Lipinski definition) is 3. The average molecular weight is 284 g/mol. The van der Waals surface area contributed by atoms with E-state index in [4.69, 9.17) is 10.5 Å². The molecule has 0 saturated carbocycles. The summed E-state index contributed by atoms with van der Waals surface area (Å²) in [5.41, 5.74) is 9.65. The van der Waals surface area contributed by atoms with Crippen LogP contribution in [-0.4, -0.2) is 17.6 Å². The fourth-order valence-electron chi connectivity index (χ4n) is 2.32. The minimum absolute atomic E-state index is 0.187. The van der Waals surface area contributed by atoms with Gasteiger partial charge < -0.3 is 10.5 Å². The van der Waals surface area contributed by atoms with Crippen LogP contribution in [-0.2, 0) is 12.8 Å². The first-order valence-corrected chi connectivity index (χ1v) is 7.56. The Kier molecular flexibility index (Phi) is 5.76. The van der Waals surface area contributed by atoms with Crippen molar-refractivity contribution in [2.75, 3.05) is 6.61 Å². The number of nitrogens with two attached hydrogens (primary N) is 1. The minimum atomic E-state index is 0.187. The number of para-hydroxylation sites is 1. The van der Waals surface area contributed by atoms with Gasteiger partial charge in [0.25, 0.3) is 0 Å². The monoisotopic (exact) mass is 284 g/mol. The Morgan fingerprint density at radius 1 is 1.24 bits per heavy atom. The summed E-state index contributed by atoms with van der Waals surface area (Å²) in [7, 11) is 0. The molecule has 0 aliphatic heterocycles. The highest BCUT2D eigenvalue weighted by atomic mass is 16.5. The molecule has 0 fully saturated rings. The van der Waals surface area contributed by atoms with Gasteiger partial charge in [0.1, 0.15) is 5.75 Å². The standard InChI is InChI=1S/C18H24N2O/c1-3-17(19)12-16-8-4-6-14(2)18(16)21-11-9-15-7-5-10-20-13-15/h4-8,10,13,17H,3,9,11-12,19H2,1-2H3. The summed E-state index contributed by atoms with van der Waals surface area (Å²) < 4.78 is 6.03. The van der Waals surface area contributed by atoms with E-state index in [1.165, 1.54) is 16.7 Å². The molecule has 21 heavy (non-hydrogen) atoms. The summed E-state index contributed by atoms with van der Waals surface area (Å²) in [6.45, 7) is 4.86. The first kappa shape index (κ1) is 15.5. The van der Waals surface area contributed by atoms with E-state index in [2.05, 4.69) is 43.1 Å². The molecule has 2 N–H and O–H groups in total. The molecule has 1 atom stereocenters. The summed E-state index contributed by atoms with van der Waals surface area (Å²) in [5.74, 6) is 0.991. The van der Waals surface area contributed by atoms with E-state index in [-0.39, 0.29) is 6.04 Å². The zero-order valence-corrected chi connectivity index (χ0v) is 12.9. The number of rotatable bonds is 7. The van der Waals surface area contributed by atoms with Crippen molar-refractivity contribution in [2.24, 2.45) is 5.73 Å². The molecule has 3 heteroatoms. The number of ether oxygens (including phenoxy) is 1. The van der Waals surface area contributed by atoms with Crippen molar-refractivity contribution in [1.29, 1.82) is 0 Å². The quantitative estimate of drug-likeness (QED) is 0.848. The third-order valence-corrected chi connectivity index (χ3v) is 3.66. The predicted molar refractivity (Wildman–Crippen MR) is 86.6 cm³/mol. The van der Waals surface area contributed by atoms with Gasteiger partial charge in [-0.25, -0.2) is 0 Å². The lowest BCUT2D eigenvalue weighted by Crippen LogP contribution is -2.22. The highest BCUT2D eigenvalue weighted by Crippen LogP contribution is 2.25. The maximum absolute atomic E-state index is 6.08. The Bertz CT molecular complexity index is 554. The second-order valence-corrected chi connectivity index (χ2v) is 5.40. The van der Waals surface area contributed by atoms with Crippen molar-refractivity contribution in [3.05, 3.63) is 59.4 Å². The lowest BCUT2D eigenvalue weighted by atomic mass is 10.0. The topological polar surface area (TPSA) is 48.1 Å². The predicted octanol–water partition coefficient (Wildman–Crippen LogP) is 3.29. The van der Waals surface area contributed by atoms with Crippen LogP contribution in [0, 0.1) is 6.92 Å². The van der Waals surface area contributed by atoms with Crippen LogP contribution < -0.4 is 10.5 Å². The highest BCUT2D eigenvalue weighted by Gasteiger charge is 2.10. The Morgan fingerprint density at radius 3 is 2.81 bits per heavy atom. The zero-order chi connectivity index (χ0) is 15.1. The van der Waals surface area contributed by atoms with Gasteiger partial charge in [0, 0.05) is 24.9 Å². The second-order valence-electron chi connectivity index (χ2n) is 5.40. The summed E-state index contributed by atoms with van der Waals surface area (Å²) in [4.78, 5) is 4.12. The van der Waals surface area contributed by atoms with Crippen molar-refractivity contribution in [1.82, 2.24) is 4.98 Å². The third-order valence-electron chi connectivity index (χ3n) is 3.66. The Labute approximate surface area is 127 Å². The van der Waals surface area contributed by atoms with Gasteiger partial charge in [-0.2, -0.15) is 0 Å². The lowest BCUT2D eigenvalue weighted by molar-refractivity contribution is 0.315. The van der Waals surface area contributed by atoms with Crippen LogP contribution >= 0.6 is 0 Å². The molecule has 0 spiro atoms. The molecular weight excluding hydrogens is 260 g/mol. The van der Waals surface area contributed by atoms with Crippen molar-refractivity contribution in [3.63, 3.8) is 0 Å². The number of benzene rings is 1. The third kappa shape index (κ3) is 4.57. The molecule has 1 heterocycles. The Hall–Kier alpha value is -1.87. The van der Waals surface area contributed by atoms with E-state index < -0.39 is 0 Å². The fourth-order valence-corrected chi connectivity index (χ4v) is 2.32. The molecule has 112 valence electrons. The lowest BCUT2D eigenvalue weighted by Gasteiger charge is -2.16. The Morgan fingerprint density at radius 2 is 2.10 bits per heavy atom. The number of aryl methyl sites for hydroxylation is 1. The highest BCUT2D eigenvalue weighted by molar-refractivity contribution is 5.41. The van der Waals surface area contributed by atoms with Crippen LogP contribution in [0.4, 0.5) is 0 Å². The van der Waals surface area contributed by atoms with Gasteiger partial charge in [-0.3, -0.25) is 4.98 Å². The number of nitrogens with zero attached hydrogens (tertiary/aromatic N) is 1. The molecule has 1 aromatic heterocycles. The van der Waals surface area contributed by atoms with Crippen LogP contribution in [0.15, 0.2) is 42.7 Å². The van der Waals surface area contributed by atoms with Gasteiger partial charge >= 0.3 is 0 Å². The molecule has 0 saturated heterocycles. The van der Waals surface area contributed by atoms with Crippen LogP contribution in [0.25, 0.3) is 0 Å². The van der Waals surface area contributed by atoms with E-state index in [9.17, 15) is 0 Å². The van der Waals surface area contributed by atoms with Crippen LogP contribution in [0.1, 0.15) is 30.0 Å². The van der Waals surface area contributed by atoms with Gasteiger partial charge in [0.2, 0.25) is 0 Å². The molecule has 0 radical (unpaired) electrons. The van der Waals surface area contributed by atoms with Crippen molar-refractivity contribution in [3.8, 4) is 5.75 Å². The van der Waals surface area contributed by atoms with Crippen molar-refractivity contribution >= 4 is 0 Å². The maximum atomic E-state index is 6.08. The summed E-state index contributed by atoms with van der Waals surface area (Å²) in [5, 5.41) is 0. The second kappa shape index (κ2) is 7.79. The molecule has 1 aromatic carbocycles. The van der Waals surface area contributed by atoms with Crippen LogP contribution in [0.2, 0.25) is 0 Å². The van der Waals surface area contributed by atoms with Crippen LogP contribution in [0.3, 0.4) is 0 Å². The van der Waals surface area contributed by atoms with Crippen molar-refractivity contribution in [2.45, 2.75) is 39.2 Å². The SMILES string of the molecule is CCC(N)Cc1cccc(C)c1OCCc1cccnc1. The zero-order valence-electron chi connectivity index (χ0n) is 12.9. The van der Waals surface area contributed by atoms with Gasteiger partial charge in [0.15, 0.2) is 0 Å². The molecule has 1 unspecified atom stereocenters. The van der Waals surface area contributed by atoms with E-state index in [1.807, 2.05) is 12.3 Å². The number of aromatic nitrogens is 1. The summed E-state index contributed by atoms with van der Waals surface area (Å²) in [6.07, 6.45) is 6.37. The summed E-state index contributed by atoms with van der Waals surface area (Å²) >= 11 is 0. The van der Waals surface area contributed by atoms with Gasteiger partial charge in [-0.05, 0) is 42.5 Å². The first-order valence-electron chi connectivity index (χ1n) is 7.56. The van der Waals surface area contributed by atoms with E-state index >= 15 is 0 Å². The molecule has 0 aliphatic rings. The maximum Gasteiger partial charge on any atom is 0.125 e. The fraction of sp³-hybridized carbons (Fsp3) is 0.389. The van der Waals surface area contributed by atoms with Gasteiger partial charge in [0.05, 0.1) is 6.61 Å². The molecule has 3 nitrogen and oxygen atoms in total. The largest absolute Gasteiger partial charge is 0.493 e.